The van der Waals surface area contributed by atoms with Crippen LogP contribution in [0.1, 0.15) is 0 Å². The number of thioether (sulfide) groups is 1. The van der Waals surface area contributed by atoms with Crippen LogP contribution >= 0.6 is 23.4 Å². The fourth-order valence-electron chi connectivity index (χ4n) is 1.23. The van der Waals surface area contributed by atoms with E-state index >= 15 is 0 Å². The number of anilines is 2. The number of aromatic nitrogens is 1. The molecule has 0 fully saturated rings. The number of fused-ring (bicyclic) bond motifs is 1. The van der Waals surface area contributed by atoms with Gasteiger partial charge in [-0.15, -0.1) is 11.8 Å². The Morgan fingerprint density at radius 2 is 2.36 bits per heavy atom. The Morgan fingerprint density at radius 1 is 1.50 bits per heavy atom. The van der Waals surface area contributed by atoms with Crippen LogP contribution in [0, 0.1) is 0 Å². The third-order valence-corrected chi connectivity index (χ3v) is 3.07. The molecule has 0 saturated carbocycles. The quantitative estimate of drug-likeness (QED) is 0.688. The molecule has 14 heavy (non-hydrogen) atoms. The van der Waals surface area contributed by atoms with Crippen LogP contribution in [0.15, 0.2) is 12.1 Å². The summed E-state index contributed by atoms with van der Waals surface area (Å²) in [5.74, 6) is 1.72. The van der Waals surface area contributed by atoms with Gasteiger partial charge < -0.3 is 16.4 Å². The van der Waals surface area contributed by atoms with E-state index in [-0.39, 0.29) is 5.50 Å². The van der Waals surface area contributed by atoms with Crippen LogP contribution in [-0.4, -0.2) is 22.8 Å². The van der Waals surface area contributed by atoms with Gasteiger partial charge in [0.25, 0.3) is 0 Å². The Labute approximate surface area is 91.6 Å². The van der Waals surface area contributed by atoms with Crippen molar-refractivity contribution in [3.8, 4) is 0 Å². The van der Waals surface area contributed by atoms with Crippen molar-refractivity contribution in [3.63, 3.8) is 0 Å². The molecule has 1 aromatic heterocycles. The van der Waals surface area contributed by atoms with E-state index in [1.54, 1.807) is 17.8 Å². The highest BCUT2D eigenvalue weighted by molar-refractivity contribution is 8.00. The van der Waals surface area contributed by atoms with Crippen LogP contribution in [-0.2, 0) is 0 Å². The predicted octanol–water partition coefficient (Wildman–Crippen LogP) is 1.55. The third kappa shape index (κ3) is 2.05. The van der Waals surface area contributed by atoms with Gasteiger partial charge in [0, 0.05) is 12.3 Å². The molecule has 6 heteroatoms. The van der Waals surface area contributed by atoms with Gasteiger partial charge in [0.1, 0.15) is 10.7 Å². The van der Waals surface area contributed by atoms with Crippen molar-refractivity contribution in [2.24, 2.45) is 5.73 Å². The number of nitrogens with zero attached hydrogens (tertiary/aromatic N) is 1. The van der Waals surface area contributed by atoms with Crippen LogP contribution in [0.3, 0.4) is 0 Å². The summed E-state index contributed by atoms with van der Waals surface area (Å²) >= 11 is 7.49. The Hall–Kier alpha value is -0.650. The van der Waals surface area contributed by atoms with Gasteiger partial charge >= 0.3 is 0 Å². The number of pyridine rings is 1. The summed E-state index contributed by atoms with van der Waals surface area (Å²) in [5, 5.41) is 6.98. The first-order valence-corrected chi connectivity index (χ1v) is 5.73. The normalized spacial score (nSPS) is 18.6. The predicted molar refractivity (Wildman–Crippen MR) is 61.8 cm³/mol. The SMILES string of the molecule is NCCSC1Nc2ccc(Cl)nc2N1. The Kier molecular flexibility index (Phi) is 3.00. The van der Waals surface area contributed by atoms with Crippen LogP contribution < -0.4 is 16.4 Å². The maximum Gasteiger partial charge on any atom is 0.153 e. The summed E-state index contributed by atoms with van der Waals surface area (Å²) < 4.78 is 0. The van der Waals surface area contributed by atoms with Gasteiger partial charge in [0.15, 0.2) is 5.82 Å². The van der Waals surface area contributed by atoms with Gasteiger partial charge in [-0.2, -0.15) is 0 Å². The van der Waals surface area contributed by atoms with E-state index in [9.17, 15) is 0 Å². The first-order chi connectivity index (χ1) is 6.79. The van der Waals surface area contributed by atoms with E-state index in [2.05, 4.69) is 15.6 Å². The summed E-state index contributed by atoms with van der Waals surface area (Å²) in [4.78, 5) is 4.16. The molecule has 0 bridgehead atoms. The lowest BCUT2D eigenvalue weighted by atomic mass is 10.4. The van der Waals surface area contributed by atoms with Crippen LogP contribution in [0.2, 0.25) is 5.15 Å². The summed E-state index contributed by atoms with van der Waals surface area (Å²) in [5.41, 5.74) is 6.56. The van der Waals surface area contributed by atoms with Gasteiger partial charge in [-0.25, -0.2) is 4.98 Å². The van der Waals surface area contributed by atoms with Gasteiger partial charge in [-0.05, 0) is 12.1 Å². The van der Waals surface area contributed by atoms with Crippen molar-refractivity contribution in [1.82, 2.24) is 4.98 Å². The average molecular weight is 231 g/mol. The molecule has 1 atom stereocenters. The summed E-state index contributed by atoms with van der Waals surface area (Å²) in [6, 6.07) is 3.69. The van der Waals surface area contributed by atoms with E-state index in [4.69, 9.17) is 17.3 Å². The Balaban J connectivity index is 2.03. The van der Waals surface area contributed by atoms with Crippen molar-refractivity contribution in [2.75, 3.05) is 22.9 Å². The number of halogens is 1. The monoisotopic (exact) mass is 230 g/mol. The van der Waals surface area contributed by atoms with Gasteiger partial charge in [-0.3, -0.25) is 0 Å². The minimum atomic E-state index is 0.152. The zero-order valence-corrected chi connectivity index (χ0v) is 9.03. The number of nitrogens with one attached hydrogen (secondary N) is 2. The maximum atomic E-state index is 5.77. The third-order valence-electron chi connectivity index (χ3n) is 1.82. The first-order valence-electron chi connectivity index (χ1n) is 4.31. The second-order valence-electron chi connectivity index (χ2n) is 2.86. The molecule has 0 aliphatic carbocycles. The molecule has 1 aliphatic rings. The van der Waals surface area contributed by atoms with Gasteiger partial charge in [0.2, 0.25) is 0 Å². The Bertz CT molecular complexity index is 333. The standard InChI is InChI=1S/C8H11ClN4S/c9-6-2-1-5-7(12-6)13-8(11-5)14-4-3-10/h1-2,8,11H,3-4,10H2,(H,12,13). The lowest BCUT2D eigenvalue weighted by Gasteiger charge is -2.09. The molecule has 2 heterocycles. The number of nitrogens with two attached hydrogens (primary N) is 1. The van der Waals surface area contributed by atoms with Gasteiger partial charge in [-0.1, -0.05) is 11.6 Å². The maximum absolute atomic E-state index is 5.77. The van der Waals surface area contributed by atoms with E-state index in [0.717, 1.165) is 17.3 Å². The Morgan fingerprint density at radius 3 is 3.14 bits per heavy atom. The minimum Gasteiger partial charge on any atom is -0.354 e. The zero-order valence-electron chi connectivity index (χ0n) is 7.46. The highest BCUT2D eigenvalue weighted by atomic mass is 35.5. The first kappa shape index (κ1) is 9.89. The van der Waals surface area contributed by atoms with E-state index in [0.29, 0.717) is 11.7 Å². The molecule has 1 aliphatic heterocycles. The molecule has 4 N–H and O–H groups in total. The van der Waals surface area contributed by atoms with E-state index in [1.807, 2.05) is 6.07 Å². The lowest BCUT2D eigenvalue weighted by Crippen LogP contribution is -2.19. The van der Waals surface area contributed by atoms with E-state index < -0.39 is 0 Å². The lowest BCUT2D eigenvalue weighted by molar-refractivity contribution is 1.12. The number of hydrogen-bond acceptors (Lipinski definition) is 5. The molecule has 2 rings (SSSR count). The van der Waals surface area contributed by atoms with E-state index in [1.165, 1.54) is 0 Å². The van der Waals surface area contributed by atoms with Gasteiger partial charge in [0.05, 0.1) is 5.69 Å². The van der Waals surface area contributed by atoms with Crippen molar-refractivity contribution < 1.29 is 0 Å². The van der Waals surface area contributed by atoms with Crippen molar-refractivity contribution in [1.29, 1.82) is 0 Å². The molecule has 1 aromatic rings. The largest absolute Gasteiger partial charge is 0.354 e. The molecule has 76 valence electrons. The zero-order chi connectivity index (χ0) is 9.97. The summed E-state index contributed by atoms with van der Waals surface area (Å²) in [7, 11) is 0. The fourth-order valence-corrected chi connectivity index (χ4v) is 2.16. The van der Waals surface area contributed by atoms with Crippen molar-refractivity contribution >= 4 is 34.9 Å². The van der Waals surface area contributed by atoms with Crippen LogP contribution in [0.4, 0.5) is 11.5 Å². The fraction of sp³-hybridized carbons (Fsp3) is 0.375. The molecular weight excluding hydrogens is 220 g/mol. The topological polar surface area (TPSA) is 63.0 Å². The molecular formula is C8H11ClN4S. The smallest absolute Gasteiger partial charge is 0.153 e. The molecule has 0 spiro atoms. The molecule has 0 saturated heterocycles. The van der Waals surface area contributed by atoms with Crippen molar-refractivity contribution in [3.05, 3.63) is 17.3 Å². The summed E-state index contributed by atoms with van der Waals surface area (Å²) in [6.07, 6.45) is 0. The average Bonchev–Trinajstić information content (AvgIpc) is 2.56. The summed E-state index contributed by atoms with van der Waals surface area (Å²) in [6.45, 7) is 0.676. The highest BCUT2D eigenvalue weighted by Crippen LogP contribution is 2.31. The molecule has 0 amide bonds. The second kappa shape index (κ2) is 4.25. The number of rotatable bonds is 3. The van der Waals surface area contributed by atoms with Crippen LogP contribution in [0.25, 0.3) is 0 Å². The molecule has 1 unspecified atom stereocenters. The van der Waals surface area contributed by atoms with Crippen molar-refractivity contribution in [2.45, 2.75) is 5.50 Å². The number of hydrogen-bond donors (Lipinski definition) is 3. The minimum absolute atomic E-state index is 0.152. The van der Waals surface area contributed by atoms with Crippen LogP contribution in [0.5, 0.6) is 0 Å². The second-order valence-corrected chi connectivity index (χ2v) is 4.46. The molecule has 0 aromatic carbocycles. The molecule has 0 radical (unpaired) electrons. The highest BCUT2D eigenvalue weighted by Gasteiger charge is 2.20. The molecule has 4 nitrogen and oxygen atoms in total.